The van der Waals surface area contributed by atoms with Crippen molar-refractivity contribution < 1.29 is 9.59 Å². The highest BCUT2D eigenvalue weighted by Gasteiger charge is 2.26. The van der Waals surface area contributed by atoms with Crippen molar-refractivity contribution in [1.29, 1.82) is 0 Å². The Morgan fingerprint density at radius 2 is 1.95 bits per heavy atom. The van der Waals surface area contributed by atoms with Gasteiger partial charge in [-0.25, -0.2) is 4.79 Å². The molecule has 0 bridgehead atoms. The number of hydrogen-bond acceptors (Lipinski definition) is 2. The van der Waals surface area contributed by atoms with E-state index in [-0.39, 0.29) is 18.0 Å². The smallest absolute Gasteiger partial charge is 0.321 e. The van der Waals surface area contributed by atoms with Gasteiger partial charge in [-0.1, -0.05) is 17.7 Å². The van der Waals surface area contributed by atoms with Gasteiger partial charge in [0.2, 0.25) is 5.91 Å². The molecule has 1 aromatic rings. The Labute approximate surface area is 136 Å². The highest BCUT2D eigenvalue weighted by atomic mass is 35.5. The van der Waals surface area contributed by atoms with Crippen molar-refractivity contribution in [2.24, 2.45) is 0 Å². The van der Waals surface area contributed by atoms with Gasteiger partial charge in [0.25, 0.3) is 0 Å². The van der Waals surface area contributed by atoms with Crippen LogP contribution in [0.1, 0.15) is 25.3 Å². The fourth-order valence-electron chi connectivity index (χ4n) is 2.59. The molecule has 1 aliphatic heterocycles. The molecular weight excluding hydrogens is 302 g/mol. The number of halogens is 1. The van der Waals surface area contributed by atoms with E-state index in [1.165, 1.54) is 0 Å². The number of nitrogens with one attached hydrogen (secondary N) is 1. The summed E-state index contributed by atoms with van der Waals surface area (Å²) < 4.78 is 0. The van der Waals surface area contributed by atoms with Crippen LogP contribution in [0, 0.1) is 6.92 Å². The SMILES string of the molecule is CC(=O)N(C)C1CCN(C(=O)Nc2ccc(C)c(Cl)c2)CC1. The Balaban J connectivity index is 1.89. The molecule has 0 unspecified atom stereocenters. The summed E-state index contributed by atoms with van der Waals surface area (Å²) in [5.74, 6) is 0.0669. The lowest BCUT2D eigenvalue weighted by atomic mass is 10.0. The Morgan fingerprint density at radius 3 is 2.50 bits per heavy atom. The third-order valence-corrected chi connectivity index (χ3v) is 4.63. The minimum absolute atomic E-state index is 0.0669. The Bertz CT molecular complexity index is 569. The first-order valence-electron chi connectivity index (χ1n) is 7.44. The molecule has 1 saturated heterocycles. The molecule has 5 nitrogen and oxygen atoms in total. The number of likely N-dealkylation sites (tertiary alicyclic amines) is 1. The first-order chi connectivity index (χ1) is 10.4. The van der Waals surface area contributed by atoms with Crippen molar-refractivity contribution in [1.82, 2.24) is 9.80 Å². The van der Waals surface area contributed by atoms with Crippen molar-refractivity contribution >= 4 is 29.2 Å². The number of nitrogens with zero attached hydrogens (tertiary/aromatic N) is 2. The maximum atomic E-state index is 12.3. The summed E-state index contributed by atoms with van der Waals surface area (Å²) in [5, 5.41) is 3.51. The quantitative estimate of drug-likeness (QED) is 0.909. The van der Waals surface area contributed by atoms with Gasteiger partial charge in [0.15, 0.2) is 0 Å². The van der Waals surface area contributed by atoms with Gasteiger partial charge in [-0.2, -0.15) is 0 Å². The molecule has 1 N–H and O–H groups in total. The molecule has 0 aromatic heterocycles. The van der Waals surface area contributed by atoms with Crippen LogP contribution in [0.2, 0.25) is 5.02 Å². The lowest BCUT2D eigenvalue weighted by Crippen LogP contribution is -2.47. The minimum atomic E-state index is -0.121. The predicted octanol–water partition coefficient (Wildman–Crippen LogP) is 3.12. The Morgan fingerprint density at radius 1 is 1.32 bits per heavy atom. The number of benzene rings is 1. The van der Waals surface area contributed by atoms with E-state index >= 15 is 0 Å². The predicted molar refractivity (Wildman–Crippen MR) is 88.2 cm³/mol. The number of hydrogen-bond donors (Lipinski definition) is 1. The van der Waals surface area contributed by atoms with Crippen LogP contribution in [0.15, 0.2) is 18.2 Å². The van der Waals surface area contributed by atoms with Crippen molar-refractivity contribution in [3.05, 3.63) is 28.8 Å². The average molecular weight is 324 g/mol. The summed E-state index contributed by atoms with van der Waals surface area (Å²) in [6.45, 7) is 4.78. The van der Waals surface area contributed by atoms with E-state index in [0.717, 1.165) is 18.4 Å². The molecule has 0 aliphatic carbocycles. The molecule has 0 radical (unpaired) electrons. The van der Waals surface area contributed by atoms with E-state index in [2.05, 4.69) is 5.32 Å². The normalized spacial score (nSPS) is 15.5. The fraction of sp³-hybridized carbons (Fsp3) is 0.500. The van der Waals surface area contributed by atoms with Crippen LogP contribution in [-0.2, 0) is 4.79 Å². The van der Waals surface area contributed by atoms with Gasteiger partial charge in [0.1, 0.15) is 0 Å². The average Bonchev–Trinajstić information content (AvgIpc) is 2.50. The largest absolute Gasteiger partial charge is 0.343 e. The van der Waals surface area contributed by atoms with E-state index in [1.807, 2.05) is 26.1 Å². The van der Waals surface area contributed by atoms with Gasteiger partial charge in [-0.15, -0.1) is 0 Å². The molecule has 1 aromatic carbocycles. The number of amides is 3. The number of anilines is 1. The molecule has 2 rings (SSSR count). The Kier molecular flexibility index (Phi) is 5.29. The number of carbonyl (C=O) groups is 2. The monoisotopic (exact) mass is 323 g/mol. The molecule has 1 heterocycles. The summed E-state index contributed by atoms with van der Waals surface area (Å²) in [7, 11) is 1.82. The zero-order valence-corrected chi connectivity index (χ0v) is 14.0. The third kappa shape index (κ3) is 3.91. The number of urea groups is 1. The van der Waals surface area contributed by atoms with Gasteiger partial charge < -0.3 is 15.1 Å². The minimum Gasteiger partial charge on any atom is -0.343 e. The lowest BCUT2D eigenvalue weighted by molar-refractivity contribution is -0.130. The summed E-state index contributed by atoms with van der Waals surface area (Å²) >= 11 is 6.06. The van der Waals surface area contributed by atoms with Crippen LogP contribution in [0.25, 0.3) is 0 Å². The van der Waals surface area contributed by atoms with Crippen LogP contribution in [0.3, 0.4) is 0 Å². The standard InChI is InChI=1S/C16H22ClN3O2/c1-11-4-5-13(10-15(11)17)18-16(22)20-8-6-14(7-9-20)19(3)12(2)21/h4-5,10,14H,6-9H2,1-3H3,(H,18,22). The first-order valence-corrected chi connectivity index (χ1v) is 7.81. The highest BCUT2D eigenvalue weighted by Crippen LogP contribution is 2.21. The van der Waals surface area contributed by atoms with Crippen LogP contribution in [-0.4, -0.2) is 47.9 Å². The molecule has 22 heavy (non-hydrogen) atoms. The molecule has 0 spiro atoms. The van der Waals surface area contributed by atoms with Gasteiger partial charge >= 0.3 is 6.03 Å². The maximum Gasteiger partial charge on any atom is 0.321 e. The van der Waals surface area contributed by atoms with Crippen molar-refractivity contribution in [3.8, 4) is 0 Å². The third-order valence-electron chi connectivity index (χ3n) is 4.22. The second-order valence-electron chi connectivity index (χ2n) is 5.74. The number of carbonyl (C=O) groups excluding carboxylic acids is 2. The van der Waals surface area contributed by atoms with E-state index in [0.29, 0.717) is 23.8 Å². The van der Waals surface area contributed by atoms with E-state index in [9.17, 15) is 9.59 Å². The van der Waals surface area contributed by atoms with Gasteiger partial charge in [-0.05, 0) is 37.5 Å². The van der Waals surface area contributed by atoms with Crippen LogP contribution in [0.5, 0.6) is 0 Å². The number of piperidine rings is 1. The van der Waals surface area contributed by atoms with Crippen molar-refractivity contribution in [2.45, 2.75) is 32.7 Å². The molecule has 1 fully saturated rings. The van der Waals surface area contributed by atoms with Gasteiger partial charge in [0, 0.05) is 43.8 Å². The molecule has 6 heteroatoms. The zero-order valence-electron chi connectivity index (χ0n) is 13.2. The summed E-state index contributed by atoms with van der Waals surface area (Å²) in [5.41, 5.74) is 1.68. The molecule has 1 aliphatic rings. The zero-order chi connectivity index (χ0) is 16.3. The van der Waals surface area contributed by atoms with E-state index in [1.54, 1.807) is 22.8 Å². The van der Waals surface area contributed by atoms with Gasteiger partial charge in [0.05, 0.1) is 0 Å². The topological polar surface area (TPSA) is 52.7 Å². The van der Waals surface area contributed by atoms with Crippen LogP contribution >= 0.6 is 11.6 Å². The number of aryl methyl sites for hydroxylation is 1. The van der Waals surface area contributed by atoms with E-state index in [4.69, 9.17) is 11.6 Å². The summed E-state index contributed by atoms with van der Waals surface area (Å²) in [6.07, 6.45) is 1.61. The van der Waals surface area contributed by atoms with Crippen LogP contribution in [0.4, 0.5) is 10.5 Å². The fourth-order valence-corrected chi connectivity index (χ4v) is 2.77. The molecule has 3 amide bonds. The van der Waals surface area contributed by atoms with Crippen molar-refractivity contribution in [3.63, 3.8) is 0 Å². The van der Waals surface area contributed by atoms with Crippen LogP contribution < -0.4 is 5.32 Å². The second kappa shape index (κ2) is 7.01. The maximum absolute atomic E-state index is 12.3. The summed E-state index contributed by atoms with van der Waals surface area (Å²) in [6, 6.07) is 5.58. The lowest BCUT2D eigenvalue weighted by Gasteiger charge is -2.36. The summed E-state index contributed by atoms with van der Waals surface area (Å²) in [4.78, 5) is 27.2. The van der Waals surface area contributed by atoms with Crippen molar-refractivity contribution in [2.75, 3.05) is 25.5 Å². The molecule has 0 atom stereocenters. The Hall–Kier alpha value is -1.75. The second-order valence-corrected chi connectivity index (χ2v) is 6.15. The number of rotatable bonds is 2. The molecule has 0 saturated carbocycles. The first kappa shape index (κ1) is 16.6. The van der Waals surface area contributed by atoms with Gasteiger partial charge in [-0.3, -0.25) is 4.79 Å². The van der Waals surface area contributed by atoms with E-state index < -0.39 is 0 Å². The molecule has 120 valence electrons. The molecular formula is C16H22ClN3O2. The highest BCUT2D eigenvalue weighted by molar-refractivity contribution is 6.31.